The van der Waals surface area contributed by atoms with Gasteiger partial charge < -0.3 is 14.8 Å². The first kappa shape index (κ1) is 17.6. The molecule has 0 radical (unpaired) electrons. The Morgan fingerprint density at radius 2 is 1.91 bits per heavy atom. The van der Waals surface area contributed by atoms with Crippen LogP contribution in [0.5, 0.6) is 11.5 Å². The van der Waals surface area contributed by atoms with E-state index in [1.165, 1.54) is 19.3 Å². The first-order chi connectivity index (χ1) is 11.2. The molecule has 0 saturated carbocycles. The number of rotatable bonds is 4. The largest absolute Gasteiger partial charge is 0.493 e. The van der Waals surface area contributed by atoms with Crippen LogP contribution in [-0.2, 0) is 11.3 Å². The quantitative estimate of drug-likeness (QED) is 0.926. The first-order valence-electron chi connectivity index (χ1n) is 8.43. The van der Waals surface area contributed by atoms with Gasteiger partial charge in [-0.25, -0.2) is 0 Å². The molecule has 5 nitrogen and oxygen atoms in total. The zero-order valence-electron chi connectivity index (χ0n) is 14.3. The van der Waals surface area contributed by atoms with Gasteiger partial charge in [-0.1, -0.05) is 25.0 Å². The lowest BCUT2D eigenvalue weighted by Crippen LogP contribution is -2.31. The van der Waals surface area contributed by atoms with Crippen LogP contribution in [0, 0.1) is 0 Å². The summed E-state index contributed by atoms with van der Waals surface area (Å²) in [5.74, 6) is 1.68. The number of carbonyl (C=O) groups excluding carboxylic acids is 1. The fourth-order valence-corrected chi connectivity index (χ4v) is 2.98. The van der Waals surface area contributed by atoms with Gasteiger partial charge in [0.15, 0.2) is 11.5 Å². The van der Waals surface area contributed by atoms with Crippen LogP contribution in [0.4, 0.5) is 0 Å². The van der Waals surface area contributed by atoms with Crippen LogP contribution in [0.2, 0.25) is 0 Å². The van der Waals surface area contributed by atoms with E-state index in [2.05, 4.69) is 16.3 Å². The molecule has 0 atom stereocenters. The summed E-state index contributed by atoms with van der Waals surface area (Å²) in [4.78, 5) is 14.2. The molecule has 0 aromatic heterocycles. The molecule has 1 aliphatic rings. The van der Waals surface area contributed by atoms with E-state index in [0.29, 0.717) is 6.42 Å². The molecular formula is C18H28N2O3. The highest BCUT2D eigenvalue weighted by atomic mass is 16.5. The predicted molar refractivity (Wildman–Crippen MR) is 90.9 cm³/mol. The van der Waals surface area contributed by atoms with E-state index in [0.717, 1.165) is 49.7 Å². The molecule has 1 aliphatic heterocycles. The fourth-order valence-electron chi connectivity index (χ4n) is 2.98. The molecule has 1 N–H and O–H groups in total. The minimum Gasteiger partial charge on any atom is -0.493 e. The molecule has 0 unspecified atom stereocenters. The molecule has 23 heavy (non-hydrogen) atoms. The van der Waals surface area contributed by atoms with Crippen molar-refractivity contribution in [3.05, 3.63) is 23.8 Å². The summed E-state index contributed by atoms with van der Waals surface area (Å²) in [5.41, 5.74) is 1.10. The zero-order valence-corrected chi connectivity index (χ0v) is 14.3. The Bertz CT molecular complexity index is 505. The number of ether oxygens (including phenoxy) is 2. The van der Waals surface area contributed by atoms with Gasteiger partial charge in [-0.15, -0.1) is 0 Å². The van der Waals surface area contributed by atoms with Gasteiger partial charge in [0.25, 0.3) is 0 Å². The van der Waals surface area contributed by atoms with Crippen LogP contribution in [0.15, 0.2) is 18.2 Å². The molecule has 2 rings (SSSR count). The number of hydrogen-bond donors (Lipinski definition) is 1. The molecular weight excluding hydrogens is 292 g/mol. The van der Waals surface area contributed by atoms with Gasteiger partial charge in [-0.3, -0.25) is 9.69 Å². The van der Waals surface area contributed by atoms with Gasteiger partial charge in [0.05, 0.1) is 14.2 Å². The third-order valence-corrected chi connectivity index (χ3v) is 4.26. The maximum Gasteiger partial charge on any atom is 0.221 e. The average Bonchev–Trinajstić information content (AvgIpc) is 2.61. The minimum absolute atomic E-state index is 0.148. The monoisotopic (exact) mass is 320 g/mol. The summed E-state index contributed by atoms with van der Waals surface area (Å²) in [6.07, 6.45) is 5.18. The van der Waals surface area contributed by atoms with Crippen molar-refractivity contribution in [2.24, 2.45) is 0 Å². The molecule has 1 heterocycles. The summed E-state index contributed by atoms with van der Waals surface area (Å²) in [6.45, 7) is 3.36. The molecule has 128 valence electrons. The van der Waals surface area contributed by atoms with E-state index in [1.807, 2.05) is 12.1 Å². The van der Waals surface area contributed by atoms with E-state index in [9.17, 15) is 4.79 Å². The molecule has 1 amide bonds. The predicted octanol–water partition coefficient (Wildman–Crippen LogP) is 2.59. The molecule has 5 heteroatoms. The summed E-state index contributed by atoms with van der Waals surface area (Å²) in [6, 6.07) is 5.95. The number of nitrogens with zero attached hydrogens (tertiary/aromatic N) is 1. The van der Waals surface area contributed by atoms with E-state index in [1.54, 1.807) is 14.2 Å². The van der Waals surface area contributed by atoms with Gasteiger partial charge in [0.2, 0.25) is 5.91 Å². The van der Waals surface area contributed by atoms with E-state index >= 15 is 0 Å². The highest BCUT2D eigenvalue weighted by Crippen LogP contribution is 2.31. The Labute approximate surface area is 139 Å². The lowest BCUT2D eigenvalue weighted by atomic mass is 10.1. The van der Waals surface area contributed by atoms with Crippen molar-refractivity contribution in [3.8, 4) is 11.5 Å². The van der Waals surface area contributed by atoms with E-state index in [4.69, 9.17) is 9.47 Å². The average molecular weight is 320 g/mol. The first-order valence-corrected chi connectivity index (χ1v) is 8.43. The number of nitrogens with one attached hydrogen (secondary N) is 1. The Morgan fingerprint density at radius 3 is 2.70 bits per heavy atom. The van der Waals surface area contributed by atoms with Gasteiger partial charge in [-0.2, -0.15) is 0 Å². The van der Waals surface area contributed by atoms with Gasteiger partial charge in [0.1, 0.15) is 0 Å². The number of benzene rings is 1. The topological polar surface area (TPSA) is 50.8 Å². The van der Waals surface area contributed by atoms with Gasteiger partial charge in [0, 0.05) is 31.6 Å². The normalized spacial score (nSPS) is 17.9. The number of para-hydroxylation sites is 1. The van der Waals surface area contributed by atoms with E-state index in [-0.39, 0.29) is 5.91 Å². The van der Waals surface area contributed by atoms with Crippen LogP contribution in [0.1, 0.15) is 37.7 Å². The number of methoxy groups -OCH3 is 2. The third-order valence-electron chi connectivity index (χ3n) is 4.26. The van der Waals surface area contributed by atoms with Crippen molar-refractivity contribution in [1.82, 2.24) is 10.2 Å². The highest BCUT2D eigenvalue weighted by molar-refractivity contribution is 5.76. The summed E-state index contributed by atoms with van der Waals surface area (Å²) in [5, 5.41) is 2.99. The van der Waals surface area contributed by atoms with Gasteiger partial charge >= 0.3 is 0 Å². The second-order valence-electron chi connectivity index (χ2n) is 5.94. The van der Waals surface area contributed by atoms with Crippen molar-refractivity contribution in [2.45, 2.75) is 38.6 Å². The number of hydrogen-bond acceptors (Lipinski definition) is 4. The van der Waals surface area contributed by atoms with Crippen LogP contribution in [0.3, 0.4) is 0 Å². The van der Waals surface area contributed by atoms with Crippen LogP contribution in [0.25, 0.3) is 0 Å². The van der Waals surface area contributed by atoms with Crippen molar-refractivity contribution in [2.75, 3.05) is 33.9 Å². The smallest absolute Gasteiger partial charge is 0.221 e. The van der Waals surface area contributed by atoms with E-state index < -0.39 is 0 Å². The Kier molecular flexibility index (Phi) is 7.20. The molecule has 1 saturated heterocycles. The lowest BCUT2D eigenvalue weighted by molar-refractivity contribution is -0.121. The molecule has 1 aromatic carbocycles. The van der Waals surface area contributed by atoms with Crippen molar-refractivity contribution in [1.29, 1.82) is 0 Å². The highest BCUT2D eigenvalue weighted by Gasteiger charge is 2.15. The molecule has 1 aromatic rings. The summed E-state index contributed by atoms with van der Waals surface area (Å²) >= 11 is 0. The maximum absolute atomic E-state index is 11.9. The summed E-state index contributed by atoms with van der Waals surface area (Å²) < 4.78 is 10.9. The molecule has 0 bridgehead atoms. The maximum atomic E-state index is 11.9. The lowest BCUT2D eigenvalue weighted by Gasteiger charge is -2.23. The molecule has 0 spiro atoms. The van der Waals surface area contributed by atoms with Crippen LogP contribution in [-0.4, -0.2) is 44.7 Å². The zero-order chi connectivity index (χ0) is 16.5. The van der Waals surface area contributed by atoms with Crippen LogP contribution < -0.4 is 14.8 Å². The third kappa shape index (κ3) is 5.43. The Balaban J connectivity index is 2.07. The fraction of sp³-hybridized carbons (Fsp3) is 0.611. The minimum atomic E-state index is 0.148. The Hall–Kier alpha value is -1.75. The van der Waals surface area contributed by atoms with Gasteiger partial charge in [-0.05, 0) is 25.5 Å². The van der Waals surface area contributed by atoms with Crippen molar-refractivity contribution < 1.29 is 14.3 Å². The van der Waals surface area contributed by atoms with Crippen molar-refractivity contribution >= 4 is 5.91 Å². The second kappa shape index (κ2) is 9.40. The number of amides is 1. The molecule has 1 fully saturated rings. The Morgan fingerprint density at radius 1 is 1.09 bits per heavy atom. The number of carbonyl (C=O) groups is 1. The van der Waals surface area contributed by atoms with Crippen molar-refractivity contribution in [3.63, 3.8) is 0 Å². The molecule has 0 aliphatic carbocycles. The standard InChI is InChI=1S/C18H28N2O3/c1-22-16-9-7-8-15(18(16)23-2)14-20-12-6-4-3-5-11-19-17(21)10-13-20/h7-9H,3-6,10-14H2,1-2H3,(H,19,21). The summed E-state index contributed by atoms with van der Waals surface area (Å²) in [7, 11) is 3.32. The second-order valence-corrected chi connectivity index (χ2v) is 5.94. The van der Waals surface area contributed by atoms with Crippen LogP contribution >= 0.6 is 0 Å². The SMILES string of the molecule is COc1cccc(CN2CCCCCCNC(=O)CC2)c1OC.